The lowest BCUT2D eigenvalue weighted by Gasteiger charge is -2.17. The van der Waals surface area contributed by atoms with Gasteiger partial charge in [-0.3, -0.25) is 0 Å². The van der Waals surface area contributed by atoms with Crippen molar-refractivity contribution in [3.63, 3.8) is 0 Å². The number of nitrogens with one attached hydrogen (secondary N) is 1. The van der Waals surface area contributed by atoms with E-state index in [9.17, 15) is 0 Å². The van der Waals surface area contributed by atoms with E-state index in [0.717, 1.165) is 18.0 Å². The lowest BCUT2D eigenvalue weighted by Crippen LogP contribution is -2.26. The fraction of sp³-hybridized carbons (Fsp3) is 0.625. The third-order valence-corrected chi connectivity index (χ3v) is 3.80. The molecule has 0 radical (unpaired) electrons. The minimum absolute atomic E-state index is 0.474. The maximum atomic E-state index is 6.36. The summed E-state index contributed by atoms with van der Waals surface area (Å²) in [6.45, 7) is 7.44. The van der Waals surface area contributed by atoms with Crippen LogP contribution in [0.5, 0.6) is 11.5 Å². The second-order valence-corrected chi connectivity index (χ2v) is 5.91. The molecule has 0 bridgehead atoms. The van der Waals surface area contributed by atoms with Gasteiger partial charge in [0, 0.05) is 12.6 Å². The Kier molecular flexibility index (Phi) is 7.17. The predicted molar refractivity (Wildman–Crippen MR) is 84.9 cm³/mol. The Morgan fingerprint density at radius 3 is 2.35 bits per heavy atom. The zero-order valence-corrected chi connectivity index (χ0v) is 13.9. The van der Waals surface area contributed by atoms with E-state index in [1.807, 2.05) is 12.1 Å². The van der Waals surface area contributed by atoms with Crippen LogP contribution in [0.25, 0.3) is 0 Å². The highest BCUT2D eigenvalue weighted by molar-refractivity contribution is 6.33. The third kappa shape index (κ3) is 4.88. The van der Waals surface area contributed by atoms with E-state index in [-0.39, 0.29) is 0 Å². The van der Waals surface area contributed by atoms with Crippen LogP contribution in [0.4, 0.5) is 0 Å². The first-order valence-corrected chi connectivity index (χ1v) is 7.50. The zero-order valence-electron chi connectivity index (χ0n) is 13.1. The predicted octanol–water partition coefficient (Wildman–Crippen LogP) is 4.27. The summed E-state index contributed by atoms with van der Waals surface area (Å²) < 4.78 is 10.5. The normalized spacial score (nSPS) is 12.6. The highest BCUT2D eigenvalue weighted by Gasteiger charge is 2.13. The summed E-state index contributed by atoms with van der Waals surface area (Å²) in [5.41, 5.74) is 1.03. The van der Waals surface area contributed by atoms with Gasteiger partial charge in [-0.1, -0.05) is 31.5 Å². The monoisotopic (exact) mass is 299 g/mol. The van der Waals surface area contributed by atoms with Gasteiger partial charge < -0.3 is 14.8 Å². The molecule has 0 saturated heterocycles. The Bertz CT molecular complexity index is 421. The molecule has 0 amide bonds. The Labute approximate surface area is 127 Å². The molecule has 0 heterocycles. The highest BCUT2D eigenvalue weighted by atomic mass is 35.5. The summed E-state index contributed by atoms with van der Waals surface area (Å²) in [5.74, 6) is 2.00. The average molecular weight is 300 g/mol. The van der Waals surface area contributed by atoms with Crippen molar-refractivity contribution >= 4 is 11.6 Å². The van der Waals surface area contributed by atoms with Crippen molar-refractivity contribution in [3.05, 3.63) is 22.7 Å². The molecule has 0 aromatic heterocycles. The maximum Gasteiger partial charge on any atom is 0.179 e. The van der Waals surface area contributed by atoms with Crippen molar-refractivity contribution in [1.29, 1.82) is 0 Å². The smallest absolute Gasteiger partial charge is 0.179 e. The molecule has 0 saturated carbocycles. The van der Waals surface area contributed by atoms with Gasteiger partial charge in [0.25, 0.3) is 0 Å². The van der Waals surface area contributed by atoms with Gasteiger partial charge in [0.1, 0.15) is 0 Å². The molecule has 1 N–H and O–H groups in total. The first-order valence-electron chi connectivity index (χ1n) is 7.12. The van der Waals surface area contributed by atoms with Crippen molar-refractivity contribution in [3.8, 4) is 11.5 Å². The molecular formula is C16H26ClNO2. The molecule has 0 spiro atoms. The summed E-state index contributed by atoms with van der Waals surface area (Å²) in [4.78, 5) is 0. The number of methoxy groups -OCH3 is 2. The Balaban J connectivity index is 2.64. The summed E-state index contributed by atoms with van der Waals surface area (Å²) in [6, 6.07) is 4.34. The van der Waals surface area contributed by atoms with Crippen LogP contribution in [0.1, 0.15) is 39.2 Å². The van der Waals surface area contributed by atoms with Gasteiger partial charge in [0.05, 0.1) is 19.2 Å². The molecule has 0 aliphatic rings. The Morgan fingerprint density at radius 2 is 1.80 bits per heavy atom. The molecule has 1 aromatic rings. The minimum atomic E-state index is 0.474. The van der Waals surface area contributed by atoms with Gasteiger partial charge in [0.2, 0.25) is 0 Å². The van der Waals surface area contributed by atoms with Gasteiger partial charge in [-0.2, -0.15) is 0 Å². The molecule has 1 aromatic carbocycles. The number of benzene rings is 1. The van der Waals surface area contributed by atoms with E-state index in [1.165, 1.54) is 12.8 Å². The molecule has 4 heteroatoms. The Hall–Kier alpha value is -0.930. The molecule has 1 atom stereocenters. The van der Waals surface area contributed by atoms with E-state index in [2.05, 4.69) is 26.1 Å². The minimum Gasteiger partial charge on any atom is -0.493 e. The topological polar surface area (TPSA) is 30.5 Å². The van der Waals surface area contributed by atoms with E-state index in [4.69, 9.17) is 21.1 Å². The van der Waals surface area contributed by atoms with E-state index >= 15 is 0 Å². The molecule has 3 nitrogen and oxygen atoms in total. The zero-order chi connectivity index (χ0) is 15.1. The summed E-state index contributed by atoms with van der Waals surface area (Å²) >= 11 is 6.36. The number of hydrogen-bond donors (Lipinski definition) is 1. The third-order valence-electron chi connectivity index (χ3n) is 3.38. The summed E-state index contributed by atoms with van der Waals surface area (Å²) in [7, 11) is 3.21. The van der Waals surface area contributed by atoms with Crippen LogP contribution in [-0.2, 0) is 6.54 Å². The second-order valence-electron chi connectivity index (χ2n) is 5.53. The largest absolute Gasteiger partial charge is 0.493 e. The van der Waals surface area contributed by atoms with Crippen LogP contribution in [0.15, 0.2) is 12.1 Å². The number of hydrogen-bond acceptors (Lipinski definition) is 3. The van der Waals surface area contributed by atoms with Crippen LogP contribution in [-0.4, -0.2) is 20.3 Å². The average Bonchev–Trinajstić information content (AvgIpc) is 2.43. The fourth-order valence-corrected chi connectivity index (χ4v) is 2.34. The number of halogens is 1. The van der Waals surface area contributed by atoms with Crippen LogP contribution < -0.4 is 14.8 Å². The van der Waals surface area contributed by atoms with Gasteiger partial charge in [0.15, 0.2) is 11.5 Å². The van der Waals surface area contributed by atoms with Crippen molar-refractivity contribution in [1.82, 2.24) is 5.32 Å². The first-order chi connectivity index (χ1) is 9.49. The maximum absolute atomic E-state index is 6.36. The molecule has 1 rings (SSSR count). The summed E-state index contributed by atoms with van der Waals surface area (Å²) in [5, 5.41) is 4.12. The SMILES string of the molecule is COc1ccc(CNC(C)CCC(C)C)c(Cl)c1OC. The van der Waals surface area contributed by atoms with Crippen molar-refractivity contribution in [2.45, 2.75) is 46.2 Å². The standard InChI is InChI=1S/C16H26ClNO2/c1-11(2)6-7-12(3)18-10-13-8-9-14(19-4)16(20-5)15(13)17/h8-9,11-12,18H,6-7,10H2,1-5H3. The first kappa shape index (κ1) is 17.1. The lowest BCUT2D eigenvalue weighted by molar-refractivity contribution is 0.354. The van der Waals surface area contributed by atoms with Crippen LogP contribution >= 0.6 is 11.6 Å². The lowest BCUT2D eigenvalue weighted by atomic mass is 10.0. The molecule has 0 aliphatic heterocycles. The van der Waals surface area contributed by atoms with Crippen molar-refractivity contribution < 1.29 is 9.47 Å². The molecule has 0 aliphatic carbocycles. The highest BCUT2D eigenvalue weighted by Crippen LogP contribution is 2.37. The van der Waals surface area contributed by atoms with Crippen LogP contribution in [0.3, 0.4) is 0 Å². The van der Waals surface area contributed by atoms with Gasteiger partial charge in [-0.05, 0) is 37.3 Å². The molecular weight excluding hydrogens is 274 g/mol. The molecule has 0 fully saturated rings. The van der Waals surface area contributed by atoms with E-state index in [1.54, 1.807) is 14.2 Å². The van der Waals surface area contributed by atoms with Gasteiger partial charge in [-0.25, -0.2) is 0 Å². The molecule has 114 valence electrons. The second kappa shape index (κ2) is 8.38. The summed E-state index contributed by atoms with van der Waals surface area (Å²) in [6.07, 6.45) is 2.40. The quantitative estimate of drug-likeness (QED) is 0.777. The van der Waals surface area contributed by atoms with Crippen LogP contribution in [0.2, 0.25) is 5.02 Å². The van der Waals surface area contributed by atoms with Gasteiger partial charge >= 0.3 is 0 Å². The molecule has 1 unspecified atom stereocenters. The van der Waals surface area contributed by atoms with Crippen molar-refractivity contribution in [2.24, 2.45) is 5.92 Å². The molecule has 20 heavy (non-hydrogen) atoms. The number of ether oxygens (including phenoxy) is 2. The van der Waals surface area contributed by atoms with Gasteiger partial charge in [-0.15, -0.1) is 0 Å². The fourth-order valence-electron chi connectivity index (χ4n) is 2.04. The van der Waals surface area contributed by atoms with Crippen LogP contribution in [0, 0.1) is 5.92 Å². The van der Waals surface area contributed by atoms with E-state index < -0.39 is 0 Å². The Morgan fingerprint density at radius 1 is 1.10 bits per heavy atom. The number of rotatable bonds is 8. The van der Waals surface area contributed by atoms with E-state index in [0.29, 0.717) is 22.6 Å². The van der Waals surface area contributed by atoms with Crippen molar-refractivity contribution in [2.75, 3.05) is 14.2 Å².